The molecule has 1 aromatic heterocycles. The van der Waals surface area contributed by atoms with Gasteiger partial charge in [0.1, 0.15) is 34.4 Å². The van der Waals surface area contributed by atoms with E-state index < -0.39 is 29.5 Å². The van der Waals surface area contributed by atoms with Crippen molar-refractivity contribution in [2.75, 3.05) is 19.8 Å². The third-order valence-corrected chi connectivity index (χ3v) is 4.33. The maximum absolute atomic E-state index is 12.9. The molecule has 2 rings (SSSR count). The summed E-state index contributed by atoms with van der Waals surface area (Å²) in [6.45, 7) is 0.0226. The first-order valence-electron chi connectivity index (χ1n) is 9.50. The number of unbranched alkanes of at least 4 members (excludes halogenated alkanes) is 1. The van der Waals surface area contributed by atoms with Gasteiger partial charge in [0, 0.05) is 12.1 Å². The molecule has 1 aromatic carbocycles. The van der Waals surface area contributed by atoms with Crippen molar-refractivity contribution in [3.63, 3.8) is 0 Å². The average Bonchev–Trinajstić information content (AvgIpc) is 2.75. The topological polar surface area (TPSA) is 64.4 Å². The minimum absolute atomic E-state index is 0.0362. The molecule has 2 aromatic rings. The van der Waals surface area contributed by atoms with Gasteiger partial charge in [-0.2, -0.15) is 31.6 Å². The first kappa shape index (κ1) is 27.4. The lowest BCUT2D eigenvalue weighted by molar-refractivity contribution is -0.145. The Balaban J connectivity index is 1.87. The highest BCUT2D eigenvalue weighted by Gasteiger charge is 2.38. The Morgan fingerprint density at radius 3 is 2.21 bits per heavy atom. The first-order chi connectivity index (χ1) is 15.9. The van der Waals surface area contributed by atoms with E-state index in [2.05, 4.69) is 4.98 Å². The zero-order valence-corrected chi connectivity index (χ0v) is 18.7. The predicted molar refractivity (Wildman–Crippen MR) is 111 cm³/mol. The summed E-state index contributed by atoms with van der Waals surface area (Å²) in [6.07, 6.45) is -8.04. The Morgan fingerprint density at radius 1 is 0.941 bits per heavy atom. The monoisotopic (exact) mass is 528 g/mol. The van der Waals surface area contributed by atoms with Crippen LogP contribution in [0.15, 0.2) is 40.9 Å². The zero-order valence-electron chi connectivity index (χ0n) is 17.1. The summed E-state index contributed by atoms with van der Waals surface area (Å²) in [5.41, 5.74) is -3.01. The van der Waals surface area contributed by atoms with E-state index in [4.69, 9.17) is 37.4 Å². The summed E-state index contributed by atoms with van der Waals surface area (Å²) in [4.78, 5) is 3.10. The lowest BCUT2D eigenvalue weighted by Crippen LogP contribution is -2.14. The maximum atomic E-state index is 12.9. The second-order valence-electron chi connectivity index (χ2n) is 6.55. The van der Waals surface area contributed by atoms with Gasteiger partial charge in [0.25, 0.3) is 0 Å². The van der Waals surface area contributed by atoms with E-state index in [0.29, 0.717) is 18.2 Å². The van der Waals surface area contributed by atoms with Crippen LogP contribution in [-0.4, -0.2) is 24.8 Å². The Morgan fingerprint density at radius 2 is 1.62 bits per heavy atom. The standard InChI is InChI=1S/C21H16Cl2F6N2O3/c22-18(23)5-8-32-15-3-4-16(13(9-15)12-30)33-6-1-2-7-34-19-11-14(20(24,25)26)10-17(31-19)21(27,28)29/h3-5,9-11H,1-2,6-8H2. The molecule has 34 heavy (non-hydrogen) atoms. The van der Waals surface area contributed by atoms with Crippen LogP contribution in [0, 0.1) is 11.3 Å². The number of nitriles is 1. The number of benzene rings is 1. The Labute approximate surface area is 200 Å². The van der Waals surface area contributed by atoms with Crippen LogP contribution in [0.4, 0.5) is 26.3 Å². The van der Waals surface area contributed by atoms with Crippen LogP contribution in [0.1, 0.15) is 29.7 Å². The molecule has 0 unspecified atom stereocenters. The molecule has 0 atom stereocenters. The SMILES string of the molecule is N#Cc1cc(OCC=C(Cl)Cl)ccc1OCCCCOc1cc(C(F)(F)F)cc(C(F)(F)F)n1. The van der Waals surface area contributed by atoms with Crippen molar-refractivity contribution in [3.8, 4) is 23.4 Å². The largest absolute Gasteiger partial charge is 0.492 e. The van der Waals surface area contributed by atoms with Crippen molar-refractivity contribution in [2.24, 2.45) is 0 Å². The van der Waals surface area contributed by atoms with Crippen molar-refractivity contribution >= 4 is 23.2 Å². The van der Waals surface area contributed by atoms with E-state index in [-0.39, 0.29) is 48.1 Å². The van der Waals surface area contributed by atoms with E-state index in [9.17, 15) is 31.6 Å². The highest BCUT2D eigenvalue weighted by molar-refractivity contribution is 6.55. The van der Waals surface area contributed by atoms with E-state index in [1.807, 2.05) is 6.07 Å². The molecule has 0 spiro atoms. The summed E-state index contributed by atoms with van der Waals surface area (Å²) < 4.78 is 92.9. The van der Waals surface area contributed by atoms with E-state index >= 15 is 0 Å². The number of halogens is 8. The number of nitrogens with zero attached hydrogens (tertiary/aromatic N) is 2. The van der Waals surface area contributed by atoms with Crippen LogP contribution in [0.3, 0.4) is 0 Å². The van der Waals surface area contributed by atoms with Crippen LogP contribution in [0.5, 0.6) is 17.4 Å². The minimum atomic E-state index is -5.06. The minimum Gasteiger partial charge on any atom is -0.492 e. The molecule has 5 nitrogen and oxygen atoms in total. The summed E-state index contributed by atoms with van der Waals surface area (Å²) >= 11 is 11.0. The zero-order chi connectivity index (χ0) is 25.4. The second kappa shape index (κ2) is 12.0. The fraction of sp³-hybridized carbons (Fsp3) is 0.333. The molecule has 1 heterocycles. The molecular formula is C21H16Cl2F6N2O3. The van der Waals surface area contributed by atoms with Crippen LogP contribution in [0.2, 0.25) is 0 Å². The molecule has 0 N–H and O–H groups in total. The van der Waals surface area contributed by atoms with E-state index in [0.717, 1.165) is 0 Å². The molecule has 0 saturated heterocycles. The van der Waals surface area contributed by atoms with Gasteiger partial charge in [0.05, 0.1) is 24.3 Å². The summed E-state index contributed by atoms with van der Waals surface area (Å²) in [7, 11) is 0. The fourth-order valence-electron chi connectivity index (χ4n) is 2.46. The summed E-state index contributed by atoms with van der Waals surface area (Å²) in [5.74, 6) is -0.123. The predicted octanol–water partition coefficient (Wildman–Crippen LogP) is 6.93. The van der Waals surface area contributed by atoms with Crippen LogP contribution in [-0.2, 0) is 12.4 Å². The number of alkyl halides is 6. The molecule has 0 aliphatic carbocycles. The molecule has 0 bridgehead atoms. The van der Waals surface area contributed by atoms with Crippen molar-refractivity contribution < 1.29 is 40.6 Å². The first-order valence-corrected chi connectivity index (χ1v) is 10.3. The van der Waals surface area contributed by atoms with Gasteiger partial charge < -0.3 is 14.2 Å². The third kappa shape index (κ3) is 8.83. The van der Waals surface area contributed by atoms with Gasteiger partial charge >= 0.3 is 12.4 Å². The molecular weight excluding hydrogens is 513 g/mol. The molecule has 0 saturated carbocycles. The number of aromatic nitrogens is 1. The van der Waals surface area contributed by atoms with Gasteiger partial charge in [0.15, 0.2) is 0 Å². The van der Waals surface area contributed by atoms with Gasteiger partial charge in [0.2, 0.25) is 5.88 Å². The number of hydrogen-bond acceptors (Lipinski definition) is 5. The fourth-order valence-corrected chi connectivity index (χ4v) is 2.59. The average molecular weight is 529 g/mol. The van der Waals surface area contributed by atoms with Crippen molar-refractivity contribution in [3.05, 3.63) is 57.7 Å². The molecule has 0 fully saturated rings. The second-order valence-corrected chi connectivity index (χ2v) is 7.56. The van der Waals surface area contributed by atoms with Crippen molar-refractivity contribution in [1.29, 1.82) is 5.26 Å². The van der Waals surface area contributed by atoms with Crippen LogP contribution in [0.25, 0.3) is 0 Å². The number of pyridine rings is 1. The van der Waals surface area contributed by atoms with Crippen LogP contribution < -0.4 is 14.2 Å². The number of rotatable bonds is 10. The quantitative estimate of drug-likeness (QED) is 0.247. The number of hydrogen-bond donors (Lipinski definition) is 0. The Hall–Kier alpha value is -2.84. The van der Waals surface area contributed by atoms with Gasteiger partial charge in [-0.25, -0.2) is 4.98 Å². The van der Waals surface area contributed by atoms with Gasteiger partial charge in [-0.3, -0.25) is 0 Å². The van der Waals surface area contributed by atoms with E-state index in [1.54, 1.807) is 6.07 Å². The third-order valence-electron chi connectivity index (χ3n) is 4.02. The highest BCUT2D eigenvalue weighted by Crippen LogP contribution is 2.36. The molecule has 0 radical (unpaired) electrons. The molecule has 0 aliphatic rings. The smallest absolute Gasteiger partial charge is 0.433 e. The van der Waals surface area contributed by atoms with Gasteiger partial charge in [-0.15, -0.1) is 0 Å². The maximum Gasteiger partial charge on any atom is 0.433 e. The lowest BCUT2D eigenvalue weighted by atomic mass is 10.2. The lowest BCUT2D eigenvalue weighted by Gasteiger charge is -2.14. The van der Waals surface area contributed by atoms with Crippen molar-refractivity contribution in [2.45, 2.75) is 25.2 Å². The van der Waals surface area contributed by atoms with E-state index in [1.165, 1.54) is 18.2 Å². The summed E-state index contributed by atoms with van der Waals surface area (Å²) in [5, 5.41) is 9.26. The molecule has 13 heteroatoms. The molecule has 0 aliphatic heterocycles. The van der Waals surface area contributed by atoms with Gasteiger partial charge in [-0.05, 0) is 37.1 Å². The number of ether oxygens (including phenoxy) is 3. The highest BCUT2D eigenvalue weighted by atomic mass is 35.5. The van der Waals surface area contributed by atoms with Gasteiger partial charge in [-0.1, -0.05) is 23.2 Å². The van der Waals surface area contributed by atoms with Crippen LogP contribution >= 0.6 is 23.2 Å². The normalized spacial score (nSPS) is 11.5. The molecule has 0 amide bonds. The Kier molecular flexibility index (Phi) is 9.70. The summed E-state index contributed by atoms with van der Waals surface area (Å²) in [6, 6.07) is 6.81. The molecule has 184 valence electrons. The van der Waals surface area contributed by atoms with Crippen molar-refractivity contribution in [1.82, 2.24) is 4.98 Å². The Bertz CT molecular complexity index is 1020.